The number of aliphatic carboxylic acids is 1. The number of carbonyl (C=O) groups is 3. The van der Waals surface area contributed by atoms with E-state index in [0.29, 0.717) is 39.1 Å². The lowest BCUT2D eigenvalue weighted by Crippen LogP contribution is -2.49. The molecule has 8 nitrogen and oxygen atoms in total. The number of hydrogen-bond acceptors (Lipinski definition) is 6. The maximum atomic E-state index is 12.9. The van der Waals surface area contributed by atoms with Crippen LogP contribution in [0.3, 0.4) is 0 Å². The van der Waals surface area contributed by atoms with Crippen molar-refractivity contribution in [3.8, 4) is 0 Å². The highest BCUT2D eigenvalue weighted by Crippen LogP contribution is 2.52. The zero-order valence-electron chi connectivity index (χ0n) is 14.1. The van der Waals surface area contributed by atoms with Gasteiger partial charge in [0.05, 0.1) is 25.2 Å². The zero-order valence-corrected chi connectivity index (χ0v) is 14.1. The minimum Gasteiger partial charge on any atom is -0.550 e. The first-order valence-corrected chi connectivity index (χ1v) is 8.77. The molecule has 1 spiro atoms. The lowest BCUT2D eigenvalue weighted by atomic mass is 9.77. The molecule has 4 aliphatic heterocycles. The zero-order chi connectivity index (χ0) is 17.8. The molecule has 0 N–H and O–H groups in total. The molecule has 8 heteroatoms. The van der Waals surface area contributed by atoms with Gasteiger partial charge in [0.2, 0.25) is 5.91 Å². The summed E-state index contributed by atoms with van der Waals surface area (Å²) in [4.78, 5) is 39.6. The Labute approximate surface area is 145 Å². The lowest BCUT2D eigenvalue weighted by Gasteiger charge is -2.37. The number of hydrogen-bond donors (Lipinski definition) is 0. The Morgan fingerprint density at radius 1 is 1.40 bits per heavy atom. The maximum Gasteiger partial charge on any atom is 0.409 e. The summed E-state index contributed by atoms with van der Waals surface area (Å²) in [5.74, 6) is -3.01. The van der Waals surface area contributed by atoms with Gasteiger partial charge in [0.15, 0.2) is 0 Å². The van der Waals surface area contributed by atoms with Gasteiger partial charge in [0.1, 0.15) is 5.60 Å². The fraction of sp³-hybridized carbons (Fsp3) is 0.706. The molecule has 0 unspecified atom stereocenters. The lowest BCUT2D eigenvalue weighted by molar-refractivity contribution is -0.313. The molecule has 0 aromatic heterocycles. The first-order chi connectivity index (χ1) is 12.0. The number of piperidine rings is 1. The summed E-state index contributed by atoms with van der Waals surface area (Å²) in [6, 6.07) is -0.0170. The standard InChI is InChI=1S/C17H22N2O6/c1-2-24-16(23)18-7-4-10(5-8-18)19-9-17-6-3-11(25-17)12(15(21)22)13(17)14(19)20/h3,6,10-13H,2,4-5,7-9H2,1H3,(H,21,22)/p-1/t11-,12-,13+,17-/m1/s1. The van der Waals surface area contributed by atoms with Gasteiger partial charge in [-0.15, -0.1) is 0 Å². The van der Waals surface area contributed by atoms with Crippen LogP contribution in [0.5, 0.6) is 0 Å². The van der Waals surface area contributed by atoms with E-state index in [9.17, 15) is 19.5 Å². The predicted octanol–water partition coefficient (Wildman–Crippen LogP) is -0.861. The summed E-state index contributed by atoms with van der Waals surface area (Å²) < 4.78 is 10.9. The van der Waals surface area contributed by atoms with Gasteiger partial charge in [0, 0.05) is 31.0 Å². The van der Waals surface area contributed by atoms with E-state index in [1.165, 1.54) is 0 Å². The van der Waals surface area contributed by atoms with Crippen LogP contribution in [0.1, 0.15) is 19.8 Å². The van der Waals surface area contributed by atoms with E-state index in [0.717, 1.165) is 0 Å². The number of carboxylic acids is 1. The Bertz CT molecular complexity index is 641. The van der Waals surface area contributed by atoms with E-state index in [1.54, 1.807) is 22.8 Å². The van der Waals surface area contributed by atoms with Crippen LogP contribution in [0.15, 0.2) is 12.2 Å². The molecule has 0 aliphatic carbocycles. The molecule has 0 saturated carbocycles. The van der Waals surface area contributed by atoms with Gasteiger partial charge in [-0.25, -0.2) is 4.79 Å². The Balaban J connectivity index is 1.46. The summed E-state index contributed by atoms with van der Waals surface area (Å²) in [5.41, 5.74) is -0.829. The average molecular weight is 349 g/mol. The minimum atomic E-state index is -1.23. The Hall–Kier alpha value is -2.09. The van der Waals surface area contributed by atoms with Gasteiger partial charge in [-0.2, -0.15) is 0 Å². The van der Waals surface area contributed by atoms with E-state index in [4.69, 9.17) is 9.47 Å². The fourth-order valence-electron chi connectivity index (χ4n) is 4.68. The van der Waals surface area contributed by atoms with Gasteiger partial charge in [-0.3, -0.25) is 4.79 Å². The molecular weight excluding hydrogens is 328 g/mol. The Morgan fingerprint density at radius 3 is 2.76 bits per heavy atom. The molecule has 3 saturated heterocycles. The molecule has 25 heavy (non-hydrogen) atoms. The molecule has 4 heterocycles. The van der Waals surface area contributed by atoms with Crippen LogP contribution in [0.25, 0.3) is 0 Å². The monoisotopic (exact) mass is 349 g/mol. The van der Waals surface area contributed by atoms with Crippen molar-refractivity contribution in [2.45, 2.75) is 37.5 Å². The molecule has 0 aromatic rings. The maximum absolute atomic E-state index is 12.9. The first kappa shape index (κ1) is 16.4. The number of ether oxygens (including phenoxy) is 2. The Morgan fingerprint density at radius 2 is 2.12 bits per heavy atom. The highest BCUT2D eigenvalue weighted by Gasteiger charge is 2.66. The minimum absolute atomic E-state index is 0.0170. The third kappa shape index (κ3) is 2.34. The number of fused-ring (bicyclic) bond motifs is 1. The van der Waals surface area contributed by atoms with Gasteiger partial charge in [-0.05, 0) is 19.8 Å². The topological polar surface area (TPSA) is 99.2 Å². The molecule has 3 fully saturated rings. The molecule has 4 rings (SSSR count). The summed E-state index contributed by atoms with van der Waals surface area (Å²) in [7, 11) is 0. The molecule has 4 atom stereocenters. The van der Waals surface area contributed by atoms with Crippen molar-refractivity contribution in [1.82, 2.24) is 9.80 Å². The number of carboxylic acid groups (broad SMARTS) is 1. The molecular formula is C17H21N2O6-. The quantitative estimate of drug-likeness (QED) is 0.615. The number of rotatable bonds is 3. The van der Waals surface area contributed by atoms with Crippen molar-refractivity contribution in [3.05, 3.63) is 12.2 Å². The number of nitrogens with zero attached hydrogens (tertiary/aromatic N) is 2. The molecule has 136 valence electrons. The molecule has 4 aliphatic rings. The molecule has 0 aromatic carbocycles. The second-order valence-corrected chi connectivity index (χ2v) is 7.10. The van der Waals surface area contributed by atoms with Crippen molar-refractivity contribution < 1.29 is 29.0 Å². The van der Waals surface area contributed by atoms with E-state index in [1.807, 2.05) is 6.08 Å². The van der Waals surface area contributed by atoms with Crippen molar-refractivity contribution in [3.63, 3.8) is 0 Å². The van der Waals surface area contributed by atoms with Crippen LogP contribution in [-0.4, -0.2) is 71.8 Å². The van der Waals surface area contributed by atoms with Gasteiger partial charge in [-0.1, -0.05) is 12.2 Å². The van der Waals surface area contributed by atoms with E-state index in [-0.39, 0.29) is 18.0 Å². The second kappa shape index (κ2) is 5.72. The molecule has 0 radical (unpaired) electrons. The van der Waals surface area contributed by atoms with E-state index >= 15 is 0 Å². The van der Waals surface area contributed by atoms with Crippen LogP contribution < -0.4 is 5.11 Å². The highest BCUT2D eigenvalue weighted by atomic mass is 16.6. The van der Waals surface area contributed by atoms with Gasteiger partial charge >= 0.3 is 6.09 Å². The third-order valence-electron chi connectivity index (χ3n) is 5.83. The first-order valence-electron chi connectivity index (χ1n) is 8.77. The number of likely N-dealkylation sites (tertiary alicyclic amines) is 2. The normalized spacial score (nSPS) is 36.8. The summed E-state index contributed by atoms with van der Waals surface area (Å²) >= 11 is 0. The second-order valence-electron chi connectivity index (χ2n) is 7.10. The fourth-order valence-corrected chi connectivity index (χ4v) is 4.68. The van der Waals surface area contributed by atoms with Gasteiger partial charge < -0.3 is 29.2 Å². The molecule has 2 amide bonds. The number of carbonyl (C=O) groups excluding carboxylic acids is 3. The van der Waals surface area contributed by atoms with Crippen LogP contribution >= 0.6 is 0 Å². The molecule has 2 bridgehead atoms. The summed E-state index contributed by atoms with van der Waals surface area (Å²) in [5, 5.41) is 11.5. The summed E-state index contributed by atoms with van der Waals surface area (Å²) in [6.07, 6.45) is 3.98. The van der Waals surface area contributed by atoms with Crippen LogP contribution in [0.4, 0.5) is 4.79 Å². The third-order valence-corrected chi connectivity index (χ3v) is 5.83. The van der Waals surface area contributed by atoms with Crippen LogP contribution in [0.2, 0.25) is 0 Å². The average Bonchev–Trinajstić information content (AvgIpc) is 3.23. The van der Waals surface area contributed by atoms with Crippen molar-refractivity contribution in [2.75, 3.05) is 26.2 Å². The van der Waals surface area contributed by atoms with Crippen molar-refractivity contribution in [1.29, 1.82) is 0 Å². The van der Waals surface area contributed by atoms with Gasteiger partial charge in [0.25, 0.3) is 0 Å². The van der Waals surface area contributed by atoms with Crippen molar-refractivity contribution in [2.24, 2.45) is 11.8 Å². The Kier molecular flexibility index (Phi) is 3.75. The van der Waals surface area contributed by atoms with E-state index < -0.39 is 29.5 Å². The summed E-state index contributed by atoms with van der Waals surface area (Å²) in [6.45, 7) is 3.52. The van der Waals surface area contributed by atoms with E-state index in [2.05, 4.69) is 0 Å². The SMILES string of the molecule is CCOC(=O)N1CCC(N2C[C@@]34C=C[C@@H](O3)[C@@H](C(=O)[O-])[C@H]4C2=O)CC1. The van der Waals surface area contributed by atoms with Crippen LogP contribution in [0, 0.1) is 11.8 Å². The smallest absolute Gasteiger partial charge is 0.409 e. The van der Waals surface area contributed by atoms with Crippen molar-refractivity contribution >= 4 is 18.0 Å². The number of amides is 2. The largest absolute Gasteiger partial charge is 0.550 e. The van der Waals surface area contributed by atoms with Crippen LogP contribution in [-0.2, 0) is 19.1 Å². The predicted molar refractivity (Wildman–Crippen MR) is 82.1 cm³/mol. The highest BCUT2D eigenvalue weighted by molar-refractivity contribution is 5.90.